The van der Waals surface area contributed by atoms with Gasteiger partial charge in [-0.05, 0) is 33.6 Å². The van der Waals surface area contributed by atoms with Gasteiger partial charge in [0.2, 0.25) is 0 Å². The van der Waals surface area contributed by atoms with Crippen LogP contribution < -0.4 is 0 Å². The molecule has 1 aliphatic heterocycles. The molecular formula is C16H21FN4O2. The molecule has 0 spiro atoms. The number of imidazole rings is 1. The Bertz CT molecular complexity index is 722. The molecule has 1 saturated heterocycles. The molecule has 1 N–H and O–H groups in total. The number of fused-ring (bicyclic) bond motifs is 1. The Morgan fingerprint density at radius 2 is 2.26 bits per heavy atom. The van der Waals surface area contributed by atoms with Gasteiger partial charge in [-0.2, -0.15) is 0 Å². The van der Waals surface area contributed by atoms with Crippen LogP contribution >= 0.6 is 0 Å². The number of amides is 1. The lowest BCUT2D eigenvalue weighted by Gasteiger charge is -2.33. The minimum Gasteiger partial charge on any atom is -0.444 e. The van der Waals surface area contributed by atoms with Crippen LogP contribution in [0.1, 0.15) is 45.4 Å². The average Bonchev–Trinajstić information content (AvgIpc) is 2.88. The van der Waals surface area contributed by atoms with Gasteiger partial charge in [0.15, 0.2) is 5.65 Å². The Hall–Kier alpha value is -2.18. The molecule has 7 heteroatoms. The summed E-state index contributed by atoms with van der Waals surface area (Å²) in [6.45, 7) is 6.78. The van der Waals surface area contributed by atoms with E-state index in [4.69, 9.17) is 4.74 Å². The summed E-state index contributed by atoms with van der Waals surface area (Å²) < 4.78 is 18.7. The molecule has 1 atom stereocenters. The third-order valence-electron chi connectivity index (χ3n) is 3.78. The summed E-state index contributed by atoms with van der Waals surface area (Å²) in [7, 11) is 0. The monoisotopic (exact) mass is 320 g/mol. The van der Waals surface area contributed by atoms with E-state index in [0.29, 0.717) is 24.3 Å². The summed E-state index contributed by atoms with van der Waals surface area (Å²) in [5.74, 6) is 0.423. The van der Waals surface area contributed by atoms with Gasteiger partial charge in [-0.3, -0.25) is 0 Å². The SMILES string of the molecule is CC(C)(C)OC(=O)N1CCC[C@@H](c2nc3ncc(F)cc3[nH]2)C1. The highest BCUT2D eigenvalue weighted by Gasteiger charge is 2.29. The zero-order valence-corrected chi connectivity index (χ0v) is 13.6. The van der Waals surface area contributed by atoms with Crippen LogP contribution in [0.3, 0.4) is 0 Å². The number of rotatable bonds is 1. The van der Waals surface area contributed by atoms with Gasteiger partial charge in [-0.1, -0.05) is 0 Å². The van der Waals surface area contributed by atoms with E-state index >= 15 is 0 Å². The number of pyridine rings is 1. The first-order chi connectivity index (χ1) is 10.8. The number of halogens is 1. The fourth-order valence-corrected chi connectivity index (χ4v) is 2.78. The van der Waals surface area contributed by atoms with Crippen molar-refractivity contribution < 1.29 is 13.9 Å². The van der Waals surface area contributed by atoms with Crippen LogP contribution in [-0.2, 0) is 4.74 Å². The van der Waals surface area contributed by atoms with E-state index in [9.17, 15) is 9.18 Å². The molecule has 0 aromatic carbocycles. The van der Waals surface area contributed by atoms with Crippen molar-refractivity contribution in [1.29, 1.82) is 0 Å². The lowest BCUT2D eigenvalue weighted by Crippen LogP contribution is -2.42. The number of carbonyl (C=O) groups excluding carboxylic acids is 1. The molecule has 2 aromatic heterocycles. The Labute approximate surface area is 134 Å². The van der Waals surface area contributed by atoms with Gasteiger partial charge in [0, 0.05) is 25.1 Å². The Balaban J connectivity index is 1.75. The van der Waals surface area contributed by atoms with E-state index in [1.807, 2.05) is 20.8 Å². The molecule has 2 aromatic rings. The van der Waals surface area contributed by atoms with Crippen molar-refractivity contribution in [3.63, 3.8) is 0 Å². The van der Waals surface area contributed by atoms with Crippen LogP contribution in [-0.4, -0.2) is 44.6 Å². The number of aromatic nitrogens is 3. The van der Waals surface area contributed by atoms with Crippen LogP contribution in [0.5, 0.6) is 0 Å². The number of hydrogen-bond acceptors (Lipinski definition) is 4. The lowest BCUT2D eigenvalue weighted by molar-refractivity contribution is 0.0196. The van der Waals surface area contributed by atoms with Crippen LogP contribution in [0.4, 0.5) is 9.18 Å². The second-order valence-electron chi connectivity index (χ2n) is 6.91. The second kappa shape index (κ2) is 5.79. The van der Waals surface area contributed by atoms with Crippen LogP contribution in [0, 0.1) is 5.82 Å². The highest BCUT2D eigenvalue weighted by atomic mass is 19.1. The Kier molecular flexibility index (Phi) is 3.95. The number of piperidine rings is 1. The predicted octanol–water partition coefficient (Wildman–Crippen LogP) is 3.21. The van der Waals surface area contributed by atoms with Gasteiger partial charge in [0.25, 0.3) is 0 Å². The Morgan fingerprint density at radius 1 is 1.48 bits per heavy atom. The fraction of sp³-hybridized carbons (Fsp3) is 0.562. The quantitative estimate of drug-likeness (QED) is 0.876. The van der Waals surface area contributed by atoms with Gasteiger partial charge in [0.1, 0.15) is 17.2 Å². The topological polar surface area (TPSA) is 71.1 Å². The van der Waals surface area contributed by atoms with E-state index in [0.717, 1.165) is 24.9 Å². The highest BCUT2D eigenvalue weighted by Crippen LogP contribution is 2.27. The third kappa shape index (κ3) is 3.60. The molecule has 0 saturated carbocycles. The summed E-state index contributed by atoms with van der Waals surface area (Å²) in [4.78, 5) is 25.5. The van der Waals surface area contributed by atoms with E-state index < -0.39 is 11.4 Å². The standard InChI is InChI=1S/C16H21FN4O2/c1-16(2,3)23-15(22)21-6-4-5-10(9-21)13-19-12-7-11(17)8-18-14(12)20-13/h7-8,10H,4-6,9H2,1-3H3,(H,18,19,20)/t10-/m1/s1. The molecule has 0 unspecified atom stereocenters. The van der Waals surface area contributed by atoms with E-state index in [1.54, 1.807) is 4.90 Å². The maximum Gasteiger partial charge on any atom is 0.410 e. The smallest absolute Gasteiger partial charge is 0.410 e. The number of hydrogen-bond donors (Lipinski definition) is 1. The lowest BCUT2D eigenvalue weighted by atomic mass is 9.98. The van der Waals surface area contributed by atoms with Gasteiger partial charge in [-0.25, -0.2) is 19.2 Å². The van der Waals surface area contributed by atoms with Crippen LogP contribution in [0.2, 0.25) is 0 Å². The summed E-state index contributed by atoms with van der Waals surface area (Å²) in [6.07, 6.45) is 2.65. The maximum absolute atomic E-state index is 13.2. The summed E-state index contributed by atoms with van der Waals surface area (Å²) >= 11 is 0. The molecule has 1 aliphatic rings. The first-order valence-electron chi connectivity index (χ1n) is 7.81. The molecule has 23 heavy (non-hydrogen) atoms. The molecule has 6 nitrogen and oxygen atoms in total. The zero-order valence-electron chi connectivity index (χ0n) is 13.6. The van der Waals surface area contributed by atoms with E-state index in [2.05, 4.69) is 15.0 Å². The van der Waals surface area contributed by atoms with E-state index in [-0.39, 0.29) is 12.0 Å². The van der Waals surface area contributed by atoms with Gasteiger partial charge in [-0.15, -0.1) is 0 Å². The molecule has 0 aliphatic carbocycles. The first kappa shape index (κ1) is 15.7. The third-order valence-corrected chi connectivity index (χ3v) is 3.78. The number of nitrogens with one attached hydrogen (secondary N) is 1. The minimum absolute atomic E-state index is 0.0773. The normalized spacial score (nSPS) is 19.1. The number of likely N-dealkylation sites (tertiary alicyclic amines) is 1. The van der Waals surface area contributed by atoms with Crippen molar-refractivity contribution in [2.24, 2.45) is 0 Å². The molecule has 3 heterocycles. The van der Waals surface area contributed by atoms with Crippen molar-refractivity contribution in [3.05, 3.63) is 23.9 Å². The number of ether oxygens (including phenoxy) is 1. The van der Waals surface area contributed by atoms with E-state index in [1.165, 1.54) is 6.07 Å². The predicted molar refractivity (Wildman–Crippen MR) is 83.6 cm³/mol. The summed E-state index contributed by atoms with van der Waals surface area (Å²) in [5, 5.41) is 0. The molecule has 124 valence electrons. The molecule has 1 amide bonds. The van der Waals surface area contributed by atoms with Gasteiger partial charge < -0.3 is 14.6 Å². The molecule has 0 radical (unpaired) electrons. The zero-order chi connectivity index (χ0) is 16.6. The molecule has 0 bridgehead atoms. The van der Waals surface area contributed by atoms with Crippen molar-refractivity contribution in [1.82, 2.24) is 19.9 Å². The number of carbonyl (C=O) groups is 1. The van der Waals surface area contributed by atoms with Gasteiger partial charge >= 0.3 is 6.09 Å². The van der Waals surface area contributed by atoms with Gasteiger partial charge in [0.05, 0.1) is 11.7 Å². The maximum atomic E-state index is 13.2. The van der Waals surface area contributed by atoms with Crippen LogP contribution in [0.15, 0.2) is 12.3 Å². The van der Waals surface area contributed by atoms with Crippen molar-refractivity contribution in [2.45, 2.75) is 45.1 Å². The van der Waals surface area contributed by atoms with Crippen molar-refractivity contribution in [2.75, 3.05) is 13.1 Å². The Morgan fingerprint density at radius 3 is 3.00 bits per heavy atom. The summed E-state index contributed by atoms with van der Waals surface area (Å²) in [6, 6.07) is 1.38. The molecule has 3 rings (SSSR count). The largest absolute Gasteiger partial charge is 0.444 e. The van der Waals surface area contributed by atoms with Crippen molar-refractivity contribution >= 4 is 17.3 Å². The molecule has 1 fully saturated rings. The van der Waals surface area contributed by atoms with Crippen LogP contribution in [0.25, 0.3) is 11.2 Å². The number of H-pyrrole nitrogens is 1. The van der Waals surface area contributed by atoms with Crippen molar-refractivity contribution in [3.8, 4) is 0 Å². The fourth-order valence-electron chi connectivity index (χ4n) is 2.78. The summed E-state index contributed by atoms with van der Waals surface area (Å²) in [5.41, 5.74) is 0.565. The highest BCUT2D eigenvalue weighted by molar-refractivity contribution is 5.70. The molecular weight excluding hydrogens is 299 g/mol. The number of nitrogens with zero attached hydrogens (tertiary/aromatic N) is 3. The minimum atomic E-state index is -0.509. The number of aromatic amines is 1. The second-order valence-corrected chi connectivity index (χ2v) is 6.91. The first-order valence-corrected chi connectivity index (χ1v) is 7.81. The average molecular weight is 320 g/mol.